The molecular weight excluding hydrogens is 422 g/mol. The number of carbonyl (C=O) groups is 2. The van der Waals surface area contributed by atoms with E-state index in [0.717, 1.165) is 35.7 Å². The van der Waals surface area contributed by atoms with Gasteiger partial charge in [-0.25, -0.2) is 0 Å². The number of carbonyl (C=O) groups excluding carboxylic acids is 2. The number of benzene rings is 2. The van der Waals surface area contributed by atoms with Gasteiger partial charge >= 0.3 is 0 Å². The molecule has 2 aromatic rings. The Balaban J connectivity index is 1.75. The summed E-state index contributed by atoms with van der Waals surface area (Å²) in [4.78, 5) is 26.4. The van der Waals surface area contributed by atoms with Crippen molar-refractivity contribution in [3.8, 4) is 11.5 Å². The predicted octanol–water partition coefficient (Wildman–Crippen LogP) is 6.15. The molecule has 5 nitrogen and oxygen atoms in total. The second-order valence-corrected chi connectivity index (χ2v) is 8.17. The number of unbranched alkanes of at least 4 members (excludes halogenated alkanes) is 1. The molecule has 0 spiro atoms. The first-order chi connectivity index (χ1) is 14.5. The summed E-state index contributed by atoms with van der Waals surface area (Å²) in [5, 5.41) is 0.463. The minimum Gasteiger partial charge on any atom is -0.490 e. The number of ether oxygens (including phenoxy) is 2. The average Bonchev–Trinajstić information content (AvgIpc) is 3.00. The van der Waals surface area contributed by atoms with E-state index < -0.39 is 0 Å². The molecule has 30 heavy (non-hydrogen) atoms. The Morgan fingerprint density at radius 2 is 1.80 bits per heavy atom. The molecule has 0 aliphatic carbocycles. The third-order valence-electron chi connectivity index (χ3n) is 4.48. The minimum atomic E-state index is -0.237. The Morgan fingerprint density at radius 1 is 1.03 bits per heavy atom. The zero-order valence-corrected chi connectivity index (χ0v) is 18.6. The van der Waals surface area contributed by atoms with E-state index in [-0.39, 0.29) is 11.1 Å². The lowest BCUT2D eigenvalue weighted by Gasteiger charge is -2.13. The van der Waals surface area contributed by atoms with Crippen LogP contribution in [0.3, 0.4) is 0 Å². The van der Waals surface area contributed by atoms with Crippen molar-refractivity contribution >= 4 is 40.6 Å². The normalized spacial score (nSPS) is 15.2. The standard InChI is InChI=1S/C23H24ClNO4S/c1-3-5-12-25-22(26)21(30-23(25)27)14-17-8-11-19(20(13-17)28-4-2)29-15-16-6-9-18(24)10-7-16/h6-11,13-14H,3-5,12,15H2,1-2H3. The molecule has 2 amide bonds. The van der Waals surface area contributed by atoms with E-state index in [4.69, 9.17) is 21.1 Å². The second-order valence-electron chi connectivity index (χ2n) is 6.74. The van der Waals surface area contributed by atoms with Crippen molar-refractivity contribution < 1.29 is 19.1 Å². The molecule has 1 fully saturated rings. The Labute approximate surface area is 186 Å². The monoisotopic (exact) mass is 445 g/mol. The number of rotatable bonds is 9. The summed E-state index contributed by atoms with van der Waals surface area (Å²) >= 11 is 6.89. The van der Waals surface area contributed by atoms with E-state index in [1.807, 2.05) is 56.3 Å². The lowest BCUT2D eigenvalue weighted by atomic mass is 10.1. The van der Waals surface area contributed by atoms with Crippen LogP contribution in [0.1, 0.15) is 37.8 Å². The first-order valence-electron chi connectivity index (χ1n) is 9.91. The summed E-state index contributed by atoms with van der Waals surface area (Å²) in [6, 6.07) is 12.9. The molecule has 0 radical (unpaired) electrons. The SMILES string of the molecule is CCCCN1C(=O)SC(=Cc2ccc(OCc3ccc(Cl)cc3)c(OCC)c2)C1=O. The Morgan fingerprint density at radius 3 is 2.50 bits per heavy atom. The van der Waals surface area contributed by atoms with Gasteiger partial charge in [-0.2, -0.15) is 0 Å². The van der Waals surface area contributed by atoms with Crippen molar-refractivity contribution in [1.82, 2.24) is 4.90 Å². The van der Waals surface area contributed by atoms with Crippen LogP contribution < -0.4 is 9.47 Å². The lowest BCUT2D eigenvalue weighted by Crippen LogP contribution is -2.29. The summed E-state index contributed by atoms with van der Waals surface area (Å²) in [6.45, 7) is 5.25. The molecule has 1 heterocycles. The van der Waals surface area contributed by atoms with Gasteiger partial charge in [-0.05, 0) is 66.6 Å². The maximum absolute atomic E-state index is 12.5. The summed E-state index contributed by atoms with van der Waals surface area (Å²) in [5.41, 5.74) is 1.77. The van der Waals surface area contributed by atoms with E-state index in [0.29, 0.717) is 41.2 Å². The van der Waals surface area contributed by atoms with Crippen molar-refractivity contribution in [3.63, 3.8) is 0 Å². The number of hydrogen-bond donors (Lipinski definition) is 0. The highest BCUT2D eigenvalue weighted by Crippen LogP contribution is 2.35. The molecule has 0 unspecified atom stereocenters. The number of amides is 2. The van der Waals surface area contributed by atoms with Gasteiger partial charge in [0.15, 0.2) is 11.5 Å². The molecule has 0 bridgehead atoms. The number of nitrogens with zero attached hydrogens (tertiary/aromatic N) is 1. The van der Waals surface area contributed by atoms with E-state index in [1.54, 1.807) is 6.08 Å². The molecule has 1 aliphatic heterocycles. The van der Waals surface area contributed by atoms with Gasteiger partial charge in [0.1, 0.15) is 6.61 Å². The van der Waals surface area contributed by atoms with Gasteiger partial charge in [-0.3, -0.25) is 14.5 Å². The number of thioether (sulfide) groups is 1. The van der Waals surface area contributed by atoms with Gasteiger partial charge in [-0.1, -0.05) is 43.1 Å². The number of hydrogen-bond acceptors (Lipinski definition) is 5. The predicted molar refractivity (Wildman–Crippen MR) is 121 cm³/mol. The Hall–Kier alpha value is -2.44. The van der Waals surface area contributed by atoms with Gasteiger partial charge < -0.3 is 9.47 Å². The maximum atomic E-state index is 12.5. The summed E-state index contributed by atoms with van der Waals surface area (Å²) in [7, 11) is 0. The summed E-state index contributed by atoms with van der Waals surface area (Å²) in [5.74, 6) is 0.963. The van der Waals surface area contributed by atoms with E-state index in [1.165, 1.54) is 4.90 Å². The van der Waals surface area contributed by atoms with Crippen molar-refractivity contribution in [3.05, 3.63) is 63.5 Å². The highest BCUT2D eigenvalue weighted by molar-refractivity contribution is 8.18. The molecule has 0 atom stereocenters. The minimum absolute atomic E-state index is 0.215. The van der Waals surface area contributed by atoms with Crippen LogP contribution in [0.4, 0.5) is 4.79 Å². The fourth-order valence-electron chi connectivity index (χ4n) is 2.90. The van der Waals surface area contributed by atoms with Crippen LogP contribution in [0.15, 0.2) is 47.4 Å². The Bertz CT molecular complexity index is 943. The second kappa shape index (κ2) is 10.5. The summed E-state index contributed by atoms with van der Waals surface area (Å²) in [6.07, 6.45) is 3.46. The molecular formula is C23H24ClNO4S. The van der Waals surface area contributed by atoms with Crippen molar-refractivity contribution in [2.24, 2.45) is 0 Å². The van der Waals surface area contributed by atoms with Gasteiger partial charge in [-0.15, -0.1) is 0 Å². The highest BCUT2D eigenvalue weighted by Gasteiger charge is 2.34. The maximum Gasteiger partial charge on any atom is 0.293 e. The third-order valence-corrected chi connectivity index (χ3v) is 5.64. The van der Waals surface area contributed by atoms with Gasteiger partial charge in [0, 0.05) is 11.6 Å². The quantitative estimate of drug-likeness (QED) is 0.433. The molecule has 0 aromatic heterocycles. The summed E-state index contributed by atoms with van der Waals surface area (Å²) < 4.78 is 11.6. The van der Waals surface area contributed by atoms with E-state index in [2.05, 4.69) is 0 Å². The van der Waals surface area contributed by atoms with Crippen LogP contribution in [-0.2, 0) is 11.4 Å². The van der Waals surface area contributed by atoms with E-state index >= 15 is 0 Å². The molecule has 1 aliphatic rings. The molecule has 1 saturated heterocycles. The van der Waals surface area contributed by atoms with Gasteiger partial charge in [0.2, 0.25) is 0 Å². The lowest BCUT2D eigenvalue weighted by molar-refractivity contribution is -0.122. The van der Waals surface area contributed by atoms with Crippen molar-refractivity contribution in [1.29, 1.82) is 0 Å². The largest absolute Gasteiger partial charge is 0.490 e. The van der Waals surface area contributed by atoms with E-state index in [9.17, 15) is 9.59 Å². The fraction of sp³-hybridized carbons (Fsp3) is 0.304. The fourth-order valence-corrected chi connectivity index (χ4v) is 3.90. The first kappa shape index (κ1) is 22.2. The molecule has 0 saturated carbocycles. The van der Waals surface area contributed by atoms with Crippen LogP contribution in [0.5, 0.6) is 11.5 Å². The molecule has 158 valence electrons. The third kappa shape index (κ3) is 5.58. The van der Waals surface area contributed by atoms with Crippen LogP contribution in [-0.4, -0.2) is 29.2 Å². The number of imide groups is 1. The van der Waals surface area contributed by atoms with Crippen LogP contribution in [0.25, 0.3) is 6.08 Å². The molecule has 0 N–H and O–H groups in total. The van der Waals surface area contributed by atoms with Crippen molar-refractivity contribution in [2.75, 3.05) is 13.2 Å². The Kier molecular flexibility index (Phi) is 7.82. The molecule has 3 rings (SSSR count). The zero-order chi connectivity index (χ0) is 21.5. The zero-order valence-electron chi connectivity index (χ0n) is 17.0. The number of halogens is 1. The molecule has 7 heteroatoms. The highest BCUT2D eigenvalue weighted by atomic mass is 35.5. The van der Waals surface area contributed by atoms with Crippen molar-refractivity contribution in [2.45, 2.75) is 33.3 Å². The smallest absolute Gasteiger partial charge is 0.293 e. The van der Waals surface area contributed by atoms with Crippen LogP contribution >= 0.6 is 23.4 Å². The topological polar surface area (TPSA) is 55.8 Å². The van der Waals surface area contributed by atoms with Gasteiger partial charge in [0.25, 0.3) is 11.1 Å². The average molecular weight is 446 g/mol. The van der Waals surface area contributed by atoms with Crippen LogP contribution in [0.2, 0.25) is 5.02 Å². The molecule has 2 aromatic carbocycles. The first-order valence-corrected chi connectivity index (χ1v) is 11.1. The van der Waals surface area contributed by atoms with Gasteiger partial charge in [0.05, 0.1) is 11.5 Å². The van der Waals surface area contributed by atoms with Crippen LogP contribution in [0, 0.1) is 0 Å².